The van der Waals surface area contributed by atoms with Gasteiger partial charge in [0.2, 0.25) is 11.8 Å². The average molecular weight is 836 g/mol. The summed E-state index contributed by atoms with van der Waals surface area (Å²) in [6, 6.07) is 9.96. The molecule has 312 valence electrons. The zero-order chi connectivity index (χ0) is 41.7. The normalized spacial score (nSPS) is 20.7. The van der Waals surface area contributed by atoms with Gasteiger partial charge in [0, 0.05) is 56.8 Å². The lowest BCUT2D eigenvalue weighted by Crippen LogP contribution is -2.45. The molecule has 0 bridgehead atoms. The number of nitrogens with one attached hydrogen (secondary N) is 2. The Kier molecular flexibility index (Phi) is 10.9. The van der Waals surface area contributed by atoms with Crippen molar-refractivity contribution in [2.24, 2.45) is 13.0 Å². The third-order valence-corrected chi connectivity index (χ3v) is 12.5. The van der Waals surface area contributed by atoms with Crippen LogP contribution in [0.1, 0.15) is 79.6 Å². The summed E-state index contributed by atoms with van der Waals surface area (Å²) >= 11 is 6.83. The molecule has 3 amide bonds. The molecule has 0 spiro atoms. The number of aryl methyl sites for hydroxylation is 1. The summed E-state index contributed by atoms with van der Waals surface area (Å²) in [7, 11) is 5.33. The zero-order valence-corrected chi connectivity index (χ0v) is 33.6. The number of aromatic nitrogens is 5. The number of piperidine rings is 2. The second-order valence-electron chi connectivity index (χ2n) is 15.9. The molecule has 3 aliphatic rings. The lowest BCUT2D eigenvalue weighted by atomic mass is 9.85. The first kappa shape index (κ1) is 40.4. The Balaban J connectivity index is 0.876. The fourth-order valence-corrected chi connectivity index (χ4v) is 9.34. The van der Waals surface area contributed by atoms with E-state index >= 15 is 0 Å². The van der Waals surface area contributed by atoms with E-state index in [0.29, 0.717) is 45.0 Å². The van der Waals surface area contributed by atoms with E-state index in [1.165, 1.54) is 17.7 Å². The highest BCUT2D eigenvalue weighted by Crippen LogP contribution is 2.39. The maximum atomic E-state index is 13.5. The second kappa shape index (κ2) is 16.0. The van der Waals surface area contributed by atoms with E-state index in [-0.39, 0.29) is 36.2 Å². The van der Waals surface area contributed by atoms with E-state index in [4.69, 9.17) is 21.4 Å². The van der Waals surface area contributed by atoms with Crippen molar-refractivity contribution in [1.82, 2.24) is 34.1 Å². The average Bonchev–Trinajstić information content (AvgIpc) is 3.74. The SMILES string of the molecule is COc1cc2nn([C@H]3CC[C@H](CN(C)C4CCN(c5c(Cl)ccc6c5n(C)c(=O)n6C5CCC(=O)NC5=O)CC4)CC3)cc2cc1NC(=O)c1cccc(C(F)(F)F)n1. The van der Waals surface area contributed by atoms with Crippen LogP contribution in [0.5, 0.6) is 5.75 Å². The number of imidazole rings is 1. The maximum absolute atomic E-state index is 13.5. The molecule has 1 aliphatic carbocycles. The van der Waals surface area contributed by atoms with E-state index < -0.39 is 29.7 Å². The first-order valence-corrected chi connectivity index (χ1v) is 20.2. The smallest absolute Gasteiger partial charge is 0.433 e. The van der Waals surface area contributed by atoms with Crippen LogP contribution >= 0.6 is 11.6 Å². The van der Waals surface area contributed by atoms with Crippen LogP contribution in [0.15, 0.2) is 53.5 Å². The van der Waals surface area contributed by atoms with Crippen molar-refractivity contribution in [2.45, 2.75) is 75.7 Å². The predicted octanol–water partition coefficient (Wildman–Crippen LogP) is 6.33. The standard InChI is InChI=1S/C41H45ClF3N9O5/c1-50(25-15-17-52(18-16-25)36-27(42)11-12-31-37(36)51(2)40(58)54(31)32-13-14-35(55)48-39(32)57)21-23-7-9-26(10-8-23)53-22-24-19-30(33(59-3)20-29(24)49-53)47-38(56)28-5-4-6-34(46-28)41(43,44)45/h4-6,11-12,19-20,22-23,25-26,32H,7-10,13-18,21H2,1-3H3,(H,47,56)(H,48,55,57)/t23-,26-,32?. The number of hydrogen-bond acceptors (Lipinski definition) is 9. The van der Waals surface area contributed by atoms with Gasteiger partial charge in [-0.1, -0.05) is 17.7 Å². The minimum atomic E-state index is -4.67. The van der Waals surface area contributed by atoms with Gasteiger partial charge in [-0.2, -0.15) is 18.3 Å². The van der Waals surface area contributed by atoms with Crippen LogP contribution in [0, 0.1) is 5.92 Å². The molecular formula is C41H45ClF3N9O5. The number of carbonyl (C=O) groups excluding carboxylic acids is 3. The Morgan fingerprint density at radius 3 is 2.47 bits per heavy atom. The van der Waals surface area contributed by atoms with Crippen LogP contribution in [0.25, 0.3) is 21.9 Å². The molecule has 1 atom stereocenters. The number of hydrogen-bond donors (Lipinski definition) is 2. The molecule has 1 saturated carbocycles. The molecule has 2 saturated heterocycles. The predicted molar refractivity (Wildman–Crippen MR) is 216 cm³/mol. The van der Waals surface area contributed by atoms with E-state index in [1.54, 1.807) is 35.9 Å². The number of benzene rings is 2. The fourth-order valence-electron chi connectivity index (χ4n) is 9.07. The van der Waals surface area contributed by atoms with Crippen molar-refractivity contribution in [1.29, 1.82) is 0 Å². The van der Waals surface area contributed by atoms with Gasteiger partial charge in [-0.25, -0.2) is 9.78 Å². The van der Waals surface area contributed by atoms with Gasteiger partial charge >= 0.3 is 11.9 Å². The quantitative estimate of drug-likeness (QED) is 0.163. The molecule has 2 aliphatic heterocycles. The number of carbonyl (C=O) groups is 3. The van der Waals surface area contributed by atoms with Gasteiger partial charge in [0.1, 0.15) is 23.2 Å². The van der Waals surface area contributed by atoms with Gasteiger partial charge in [0.05, 0.1) is 46.1 Å². The van der Waals surface area contributed by atoms with E-state index in [0.717, 1.165) is 81.4 Å². The molecule has 5 aromatic rings. The summed E-state index contributed by atoms with van der Waals surface area (Å²) in [4.78, 5) is 59.2. The zero-order valence-electron chi connectivity index (χ0n) is 32.9. The minimum absolute atomic E-state index is 0.170. The molecule has 5 heterocycles. The van der Waals surface area contributed by atoms with Crippen molar-refractivity contribution < 1.29 is 32.3 Å². The largest absolute Gasteiger partial charge is 0.494 e. The number of amides is 3. The van der Waals surface area contributed by atoms with Gasteiger partial charge in [0.25, 0.3) is 5.91 Å². The highest BCUT2D eigenvalue weighted by atomic mass is 35.5. The minimum Gasteiger partial charge on any atom is -0.494 e. The number of halogens is 4. The Labute approximate surface area is 342 Å². The number of imide groups is 1. The number of methoxy groups -OCH3 is 1. The Hall–Kier alpha value is -5.42. The second-order valence-corrected chi connectivity index (χ2v) is 16.3. The van der Waals surface area contributed by atoms with E-state index in [1.807, 2.05) is 10.9 Å². The first-order chi connectivity index (χ1) is 28.2. The maximum Gasteiger partial charge on any atom is 0.433 e. The summed E-state index contributed by atoms with van der Waals surface area (Å²) in [5.74, 6) is -0.742. The number of fused-ring (bicyclic) bond motifs is 2. The van der Waals surface area contributed by atoms with Crippen LogP contribution in [0.4, 0.5) is 24.5 Å². The van der Waals surface area contributed by atoms with Crippen molar-refractivity contribution in [2.75, 3.05) is 44.0 Å². The van der Waals surface area contributed by atoms with Crippen molar-refractivity contribution >= 4 is 62.6 Å². The van der Waals surface area contributed by atoms with Crippen molar-refractivity contribution in [3.63, 3.8) is 0 Å². The third-order valence-electron chi connectivity index (χ3n) is 12.2. The molecule has 18 heteroatoms. The van der Waals surface area contributed by atoms with Gasteiger partial charge in [-0.05, 0) is 88.2 Å². The molecule has 2 N–H and O–H groups in total. The fraction of sp³-hybridized carbons (Fsp3) is 0.463. The first-order valence-electron chi connectivity index (χ1n) is 19.8. The van der Waals surface area contributed by atoms with Crippen LogP contribution < -0.4 is 26.0 Å². The Morgan fingerprint density at radius 1 is 1.03 bits per heavy atom. The third kappa shape index (κ3) is 7.89. The number of ether oxygens (including phenoxy) is 1. The molecule has 2 aromatic carbocycles. The lowest BCUT2D eigenvalue weighted by Gasteiger charge is -2.40. The molecule has 1 unspecified atom stereocenters. The van der Waals surface area contributed by atoms with Crippen LogP contribution in [0.3, 0.4) is 0 Å². The Morgan fingerprint density at radius 2 is 1.78 bits per heavy atom. The number of pyridine rings is 1. The van der Waals surface area contributed by atoms with Gasteiger partial charge in [-0.15, -0.1) is 0 Å². The molecule has 3 aromatic heterocycles. The van der Waals surface area contributed by atoms with Crippen LogP contribution in [-0.2, 0) is 22.8 Å². The van der Waals surface area contributed by atoms with E-state index in [9.17, 15) is 32.3 Å². The number of anilines is 2. The number of nitrogens with zero attached hydrogens (tertiary/aromatic N) is 7. The summed E-state index contributed by atoms with van der Waals surface area (Å²) in [5.41, 5.74) is 1.23. The molecule has 3 fully saturated rings. The molecule has 59 heavy (non-hydrogen) atoms. The van der Waals surface area contributed by atoms with Gasteiger partial charge < -0.3 is 19.9 Å². The van der Waals surface area contributed by atoms with Crippen molar-refractivity contribution in [3.8, 4) is 5.75 Å². The van der Waals surface area contributed by atoms with E-state index in [2.05, 4.69) is 32.5 Å². The molecular weight excluding hydrogens is 791 g/mol. The molecule has 14 nitrogen and oxygen atoms in total. The highest BCUT2D eigenvalue weighted by molar-refractivity contribution is 6.34. The summed E-state index contributed by atoms with van der Waals surface area (Å²) in [6.45, 7) is 2.48. The highest BCUT2D eigenvalue weighted by Gasteiger charge is 2.35. The van der Waals surface area contributed by atoms with Crippen LogP contribution in [-0.4, -0.2) is 86.4 Å². The number of alkyl halides is 3. The number of rotatable bonds is 9. The monoisotopic (exact) mass is 835 g/mol. The van der Waals surface area contributed by atoms with Gasteiger partial charge in [-0.3, -0.25) is 33.5 Å². The summed E-state index contributed by atoms with van der Waals surface area (Å²) < 4.78 is 50.1. The van der Waals surface area contributed by atoms with Crippen molar-refractivity contribution in [3.05, 3.63) is 75.6 Å². The Bertz CT molecular complexity index is 2500. The summed E-state index contributed by atoms with van der Waals surface area (Å²) in [5, 5.41) is 11.2. The van der Waals surface area contributed by atoms with Crippen LogP contribution in [0.2, 0.25) is 5.02 Å². The lowest BCUT2D eigenvalue weighted by molar-refractivity contribution is -0.141. The van der Waals surface area contributed by atoms with Gasteiger partial charge in [0.15, 0.2) is 0 Å². The topological polar surface area (TPSA) is 149 Å². The summed E-state index contributed by atoms with van der Waals surface area (Å²) in [6.07, 6.45) is 3.51. The molecule has 8 rings (SSSR count). The molecule has 0 radical (unpaired) electrons.